The van der Waals surface area contributed by atoms with Gasteiger partial charge in [0, 0.05) is 26.0 Å². The Hall–Kier alpha value is -0.680. The average molecular weight is 343 g/mol. The number of carbonyl (C=O) groups is 1. The van der Waals surface area contributed by atoms with Gasteiger partial charge in [0.2, 0.25) is 0 Å². The van der Waals surface area contributed by atoms with Gasteiger partial charge in [-0.2, -0.15) is 5.10 Å². The maximum absolute atomic E-state index is 12.2. The van der Waals surface area contributed by atoms with Gasteiger partial charge in [0.15, 0.2) is 0 Å². The van der Waals surface area contributed by atoms with Crippen molar-refractivity contribution in [3.63, 3.8) is 0 Å². The van der Waals surface area contributed by atoms with Crippen molar-refractivity contribution in [3.05, 3.63) is 15.9 Å². The highest BCUT2D eigenvalue weighted by atomic mass is 79.9. The van der Waals surface area contributed by atoms with Crippen molar-refractivity contribution in [2.24, 2.45) is 0 Å². The number of aryl methyl sites for hydroxylation is 2. The molecule has 1 aromatic heterocycles. The van der Waals surface area contributed by atoms with Gasteiger partial charge < -0.3 is 4.74 Å². The summed E-state index contributed by atoms with van der Waals surface area (Å²) < 4.78 is 8.51. The number of hydrogen-bond donors (Lipinski definition) is 0. The topological polar surface area (TPSA) is 44.1 Å². The molecule has 1 aliphatic rings. The first-order valence-corrected chi connectivity index (χ1v) is 8.32. The third kappa shape index (κ3) is 3.70. The van der Waals surface area contributed by atoms with E-state index in [1.54, 1.807) is 0 Å². The molecule has 0 N–H and O–H groups in total. The molecule has 2 heterocycles. The van der Waals surface area contributed by atoms with Crippen LogP contribution in [0.1, 0.15) is 50.9 Å². The Kier molecular flexibility index (Phi) is 5.78. The van der Waals surface area contributed by atoms with Crippen molar-refractivity contribution in [2.75, 3.05) is 6.61 Å². The standard InChI is InChI=1S/C15H23BrN2O2/c1-3-13-15(16)14(18(4-2)17-13)10-11(19)7-8-12-6-5-9-20-12/h12H,3-10H2,1-2H3. The summed E-state index contributed by atoms with van der Waals surface area (Å²) in [5, 5.41) is 4.53. The van der Waals surface area contributed by atoms with Crippen LogP contribution in [0.25, 0.3) is 0 Å². The number of ketones is 1. The Labute approximate surface area is 129 Å². The van der Waals surface area contributed by atoms with Crippen LogP contribution in [0.5, 0.6) is 0 Å². The minimum absolute atomic E-state index is 0.276. The van der Waals surface area contributed by atoms with E-state index < -0.39 is 0 Å². The summed E-state index contributed by atoms with van der Waals surface area (Å²) in [7, 11) is 0. The van der Waals surface area contributed by atoms with Crippen LogP contribution in [0.4, 0.5) is 0 Å². The van der Waals surface area contributed by atoms with Gasteiger partial charge in [0.1, 0.15) is 5.78 Å². The van der Waals surface area contributed by atoms with Crippen molar-refractivity contribution in [1.82, 2.24) is 9.78 Å². The van der Waals surface area contributed by atoms with E-state index in [4.69, 9.17) is 4.74 Å². The van der Waals surface area contributed by atoms with E-state index in [0.717, 1.165) is 54.7 Å². The first-order chi connectivity index (χ1) is 9.65. The maximum atomic E-state index is 12.2. The van der Waals surface area contributed by atoms with E-state index in [9.17, 15) is 4.79 Å². The monoisotopic (exact) mass is 342 g/mol. The molecule has 112 valence electrons. The summed E-state index contributed by atoms with van der Waals surface area (Å²) in [6.45, 7) is 5.79. The molecular formula is C15H23BrN2O2. The van der Waals surface area contributed by atoms with Crippen LogP contribution < -0.4 is 0 Å². The zero-order chi connectivity index (χ0) is 14.5. The number of Topliss-reactive ketones (excluding diaryl/α,β-unsaturated/α-hetero) is 1. The first-order valence-electron chi connectivity index (χ1n) is 7.53. The molecule has 1 atom stereocenters. The molecule has 2 rings (SSSR count). The molecule has 4 nitrogen and oxygen atoms in total. The van der Waals surface area contributed by atoms with E-state index in [-0.39, 0.29) is 5.78 Å². The summed E-state index contributed by atoms with van der Waals surface area (Å²) in [6, 6.07) is 0. The number of hydrogen-bond acceptors (Lipinski definition) is 3. The number of rotatable bonds is 7. The molecular weight excluding hydrogens is 320 g/mol. The lowest BCUT2D eigenvalue weighted by Crippen LogP contribution is -2.13. The Morgan fingerprint density at radius 3 is 2.90 bits per heavy atom. The second-order valence-electron chi connectivity index (χ2n) is 5.27. The fourth-order valence-electron chi connectivity index (χ4n) is 2.66. The van der Waals surface area contributed by atoms with Crippen LogP contribution >= 0.6 is 15.9 Å². The van der Waals surface area contributed by atoms with E-state index in [0.29, 0.717) is 18.9 Å². The molecule has 0 radical (unpaired) electrons. The van der Waals surface area contributed by atoms with Gasteiger partial charge in [-0.1, -0.05) is 6.92 Å². The van der Waals surface area contributed by atoms with Gasteiger partial charge in [0.05, 0.1) is 22.0 Å². The molecule has 0 saturated carbocycles. The Morgan fingerprint density at radius 1 is 1.50 bits per heavy atom. The lowest BCUT2D eigenvalue weighted by atomic mass is 10.1. The number of carbonyl (C=O) groups excluding carboxylic acids is 1. The van der Waals surface area contributed by atoms with Crippen molar-refractivity contribution in [2.45, 2.75) is 65.0 Å². The van der Waals surface area contributed by atoms with Gasteiger partial charge >= 0.3 is 0 Å². The molecule has 1 aliphatic heterocycles. The normalized spacial score (nSPS) is 18.6. The Bertz CT molecular complexity index is 465. The third-order valence-electron chi connectivity index (χ3n) is 3.83. The van der Waals surface area contributed by atoms with Crippen molar-refractivity contribution in [1.29, 1.82) is 0 Å². The highest BCUT2D eigenvalue weighted by Crippen LogP contribution is 2.24. The lowest BCUT2D eigenvalue weighted by Gasteiger charge is -2.09. The zero-order valence-corrected chi connectivity index (χ0v) is 13.9. The quantitative estimate of drug-likeness (QED) is 0.763. The van der Waals surface area contributed by atoms with Gasteiger partial charge in [-0.25, -0.2) is 0 Å². The SMILES string of the molecule is CCc1nn(CC)c(CC(=O)CCC2CCCO2)c1Br. The van der Waals surface area contributed by atoms with Crippen LogP contribution in [0, 0.1) is 0 Å². The summed E-state index contributed by atoms with van der Waals surface area (Å²) in [5.74, 6) is 0.276. The van der Waals surface area contributed by atoms with E-state index in [1.165, 1.54) is 0 Å². The Balaban J connectivity index is 1.94. The predicted molar refractivity (Wildman–Crippen MR) is 81.9 cm³/mol. The van der Waals surface area contributed by atoms with Gasteiger partial charge in [-0.3, -0.25) is 9.48 Å². The van der Waals surface area contributed by atoms with E-state index in [1.807, 2.05) is 4.68 Å². The van der Waals surface area contributed by atoms with E-state index in [2.05, 4.69) is 34.9 Å². The van der Waals surface area contributed by atoms with Crippen molar-refractivity contribution >= 4 is 21.7 Å². The molecule has 0 spiro atoms. The summed E-state index contributed by atoms with van der Waals surface area (Å²) >= 11 is 3.59. The summed E-state index contributed by atoms with van der Waals surface area (Å²) in [6.07, 6.45) is 5.34. The highest BCUT2D eigenvalue weighted by Gasteiger charge is 2.19. The molecule has 1 unspecified atom stereocenters. The van der Waals surface area contributed by atoms with Crippen LogP contribution in [0.15, 0.2) is 4.47 Å². The molecule has 1 aromatic rings. The summed E-state index contributed by atoms with van der Waals surface area (Å²) in [4.78, 5) is 12.2. The fraction of sp³-hybridized carbons (Fsp3) is 0.733. The van der Waals surface area contributed by atoms with Crippen molar-refractivity contribution in [3.8, 4) is 0 Å². The highest BCUT2D eigenvalue weighted by molar-refractivity contribution is 9.10. The lowest BCUT2D eigenvalue weighted by molar-refractivity contribution is -0.119. The van der Waals surface area contributed by atoms with Gasteiger partial charge in [-0.15, -0.1) is 0 Å². The Morgan fingerprint density at radius 2 is 2.30 bits per heavy atom. The average Bonchev–Trinajstić information content (AvgIpc) is 3.06. The van der Waals surface area contributed by atoms with Crippen LogP contribution in [0.3, 0.4) is 0 Å². The predicted octanol–water partition coefficient (Wildman–Crippen LogP) is 3.30. The van der Waals surface area contributed by atoms with Crippen LogP contribution in [-0.4, -0.2) is 28.3 Å². The molecule has 1 fully saturated rings. The molecule has 0 bridgehead atoms. The summed E-state index contributed by atoms with van der Waals surface area (Å²) in [5.41, 5.74) is 2.05. The number of nitrogens with zero attached hydrogens (tertiary/aromatic N) is 2. The molecule has 1 saturated heterocycles. The maximum Gasteiger partial charge on any atom is 0.138 e. The van der Waals surface area contributed by atoms with Gasteiger partial charge in [-0.05, 0) is 48.5 Å². The second-order valence-corrected chi connectivity index (χ2v) is 6.06. The molecule has 5 heteroatoms. The van der Waals surface area contributed by atoms with Crippen LogP contribution in [0.2, 0.25) is 0 Å². The molecule has 0 amide bonds. The number of halogens is 1. The molecule has 20 heavy (non-hydrogen) atoms. The minimum atomic E-state index is 0.276. The molecule has 0 aliphatic carbocycles. The van der Waals surface area contributed by atoms with Crippen molar-refractivity contribution < 1.29 is 9.53 Å². The smallest absolute Gasteiger partial charge is 0.138 e. The minimum Gasteiger partial charge on any atom is -0.378 e. The fourth-order valence-corrected chi connectivity index (χ4v) is 3.36. The number of aromatic nitrogens is 2. The largest absolute Gasteiger partial charge is 0.378 e. The third-order valence-corrected chi connectivity index (χ3v) is 4.74. The molecule has 0 aromatic carbocycles. The first kappa shape index (κ1) is 15.7. The second kappa shape index (κ2) is 7.36. The van der Waals surface area contributed by atoms with E-state index >= 15 is 0 Å². The number of ether oxygens (including phenoxy) is 1. The van der Waals surface area contributed by atoms with Crippen LogP contribution in [-0.2, 0) is 28.9 Å². The van der Waals surface area contributed by atoms with Gasteiger partial charge in [0.25, 0.3) is 0 Å². The zero-order valence-electron chi connectivity index (χ0n) is 12.3.